The molecule has 7 nitrogen and oxygen atoms in total. The molecule has 0 atom stereocenters. The van der Waals surface area contributed by atoms with Crippen LogP contribution in [0.3, 0.4) is 0 Å². The first kappa shape index (κ1) is 21.8. The molecule has 3 aromatic rings. The Morgan fingerprint density at radius 3 is 1.75 bits per heavy atom. The molecule has 7 heteroatoms. The number of hydrogen-bond donors (Lipinski definition) is 0. The van der Waals surface area contributed by atoms with Gasteiger partial charge in [-0.05, 0) is 17.2 Å². The molecule has 0 aliphatic carbocycles. The molecule has 0 N–H and O–H groups in total. The average Bonchev–Trinajstić information content (AvgIpc) is 3.20. The zero-order chi connectivity index (χ0) is 22.5. The zero-order valence-corrected chi connectivity index (χ0v) is 18.3. The van der Waals surface area contributed by atoms with E-state index in [1.165, 1.54) is 24.3 Å². The summed E-state index contributed by atoms with van der Waals surface area (Å²) in [6.07, 6.45) is -0.268. The van der Waals surface area contributed by atoms with Gasteiger partial charge in [-0.3, -0.25) is 19.9 Å². The lowest BCUT2D eigenvalue weighted by molar-refractivity contribution is -0.386. The highest BCUT2D eigenvalue weighted by atomic mass is 16.6. The third-order valence-corrected chi connectivity index (χ3v) is 5.83. The van der Waals surface area contributed by atoms with Gasteiger partial charge in [-0.15, -0.1) is 0 Å². The van der Waals surface area contributed by atoms with Crippen LogP contribution in [0.25, 0.3) is 0 Å². The van der Waals surface area contributed by atoms with Crippen molar-refractivity contribution in [2.45, 2.75) is 19.3 Å². The van der Waals surface area contributed by atoms with Crippen LogP contribution in [0.2, 0.25) is 0 Å². The topological polar surface area (TPSA) is 68.1 Å². The molecule has 0 radical (unpaired) electrons. The Balaban J connectivity index is 1.77. The minimum atomic E-state index is -0.336. The number of benzene rings is 3. The molecule has 0 unspecified atom stereocenters. The van der Waals surface area contributed by atoms with Crippen molar-refractivity contribution in [1.82, 2.24) is 9.80 Å². The Hall–Kier alpha value is -3.42. The van der Waals surface area contributed by atoms with Crippen molar-refractivity contribution in [2.75, 3.05) is 27.3 Å². The zero-order valence-electron chi connectivity index (χ0n) is 18.3. The van der Waals surface area contributed by atoms with Crippen LogP contribution in [0.1, 0.15) is 22.9 Å². The van der Waals surface area contributed by atoms with Crippen LogP contribution >= 0.6 is 0 Å². The van der Waals surface area contributed by atoms with Gasteiger partial charge in [0.25, 0.3) is 5.69 Å². The molecule has 1 aliphatic heterocycles. The molecule has 0 amide bonds. The summed E-state index contributed by atoms with van der Waals surface area (Å²) in [4.78, 5) is 16.3. The SMILES string of the molecule is COc1cc(C2N(Cc3ccccc3)CCN2Cc2ccccc2)c([N+](=O)[O-])cc1OC. The maximum Gasteiger partial charge on any atom is 0.279 e. The van der Waals surface area contributed by atoms with Crippen LogP contribution in [-0.2, 0) is 13.1 Å². The molecule has 0 aromatic heterocycles. The first-order valence-corrected chi connectivity index (χ1v) is 10.6. The number of methoxy groups -OCH3 is 2. The van der Waals surface area contributed by atoms with Crippen molar-refractivity contribution in [1.29, 1.82) is 0 Å². The number of ether oxygens (including phenoxy) is 2. The van der Waals surface area contributed by atoms with E-state index in [4.69, 9.17) is 9.47 Å². The van der Waals surface area contributed by atoms with Crippen LogP contribution in [0.5, 0.6) is 11.5 Å². The summed E-state index contributed by atoms with van der Waals surface area (Å²) in [5, 5.41) is 12.0. The minimum absolute atomic E-state index is 0.0330. The van der Waals surface area contributed by atoms with Crippen LogP contribution < -0.4 is 9.47 Å². The number of hydrogen-bond acceptors (Lipinski definition) is 6. The predicted molar refractivity (Wildman–Crippen MR) is 123 cm³/mol. The Kier molecular flexibility index (Phi) is 6.68. The number of nitro benzene ring substituents is 1. The van der Waals surface area contributed by atoms with Gasteiger partial charge in [0, 0.05) is 26.2 Å². The second-order valence-corrected chi connectivity index (χ2v) is 7.81. The predicted octanol–water partition coefficient (Wildman–Crippen LogP) is 4.63. The van der Waals surface area contributed by atoms with Crippen LogP contribution in [0, 0.1) is 10.1 Å². The maximum absolute atomic E-state index is 12.0. The lowest BCUT2D eigenvalue weighted by Gasteiger charge is -2.31. The normalized spacial score (nSPS) is 15.1. The first-order valence-electron chi connectivity index (χ1n) is 10.6. The quantitative estimate of drug-likeness (QED) is 0.381. The van der Waals surface area contributed by atoms with Crippen molar-refractivity contribution in [3.63, 3.8) is 0 Å². The molecule has 1 heterocycles. The number of rotatable bonds is 8. The summed E-state index contributed by atoms with van der Waals surface area (Å²) in [5.41, 5.74) is 2.98. The van der Waals surface area contributed by atoms with Gasteiger partial charge in [0.2, 0.25) is 0 Å². The smallest absolute Gasteiger partial charge is 0.279 e. The van der Waals surface area contributed by atoms with E-state index in [0.717, 1.165) is 13.1 Å². The summed E-state index contributed by atoms with van der Waals surface area (Å²) in [7, 11) is 3.03. The van der Waals surface area contributed by atoms with Gasteiger partial charge in [0.05, 0.1) is 36.9 Å². The van der Waals surface area contributed by atoms with Gasteiger partial charge in [-0.2, -0.15) is 0 Å². The van der Waals surface area contributed by atoms with E-state index in [0.29, 0.717) is 30.2 Å². The lowest BCUT2D eigenvalue weighted by atomic mass is 10.1. The highest BCUT2D eigenvalue weighted by Crippen LogP contribution is 2.42. The Bertz CT molecular complexity index is 1010. The highest BCUT2D eigenvalue weighted by molar-refractivity contribution is 5.55. The van der Waals surface area contributed by atoms with Gasteiger partial charge in [0.1, 0.15) is 0 Å². The summed E-state index contributed by atoms with van der Waals surface area (Å²) in [6.45, 7) is 3.00. The average molecular weight is 434 g/mol. The van der Waals surface area contributed by atoms with E-state index >= 15 is 0 Å². The van der Waals surface area contributed by atoms with E-state index in [9.17, 15) is 10.1 Å². The summed E-state index contributed by atoms with van der Waals surface area (Å²) < 4.78 is 10.8. The van der Waals surface area contributed by atoms with Crippen molar-refractivity contribution in [3.8, 4) is 11.5 Å². The molecule has 32 heavy (non-hydrogen) atoms. The molecular weight excluding hydrogens is 406 g/mol. The second kappa shape index (κ2) is 9.80. The van der Waals surface area contributed by atoms with Gasteiger partial charge < -0.3 is 9.47 Å². The third-order valence-electron chi connectivity index (χ3n) is 5.83. The summed E-state index contributed by atoms with van der Waals surface area (Å²) in [5.74, 6) is 0.837. The van der Waals surface area contributed by atoms with E-state index in [1.807, 2.05) is 36.4 Å². The second-order valence-electron chi connectivity index (χ2n) is 7.81. The largest absolute Gasteiger partial charge is 0.493 e. The molecule has 1 fully saturated rings. The van der Waals surface area contributed by atoms with Crippen LogP contribution in [0.15, 0.2) is 72.8 Å². The maximum atomic E-state index is 12.0. The molecule has 166 valence electrons. The summed E-state index contributed by atoms with van der Waals surface area (Å²) >= 11 is 0. The molecular formula is C25H27N3O4. The van der Waals surface area contributed by atoms with E-state index in [-0.39, 0.29) is 16.8 Å². The number of nitrogens with zero attached hydrogens (tertiary/aromatic N) is 3. The van der Waals surface area contributed by atoms with E-state index < -0.39 is 0 Å². The number of nitro groups is 1. The van der Waals surface area contributed by atoms with Crippen molar-refractivity contribution in [2.24, 2.45) is 0 Å². The molecule has 4 rings (SSSR count). The van der Waals surface area contributed by atoms with Crippen LogP contribution in [-0.4, -0.2) is 42.0 Å². The standard InChI is InChI=1S/C25H27N3O4/c1-31-23-15-21(22(28(29)30)16-24(23)32-2)25-26(17-19-9-5-3-6-10-19)13-14-27(25)18-20-11-7-4-8-12-20/h3-12,15-16,25H,13-14,17-18H2,1-2H3. The van der Waals surface area contributed by atoms with Crippen molar-refractivity contribution in [3.05, 3.63) is 99.6 Å². The highest BCUT2D eigenvalue weighted by Gasteiger charge is 2.38. The molecule has 3 aromatic carbocycles. The fourth-order valence-electron chi connectivity index (χ4n) is 4.34. The van der Waals surface area contributed by atoms with E-state index in [2.05, 4.69) is 34.1 Å². The van der Waals surface area contributed by atoms with E-state index in [1.54, 1.807) is 13.2 Å². The molecule has 1 aliphatic rings. The monoisotopic (exact) mass is 433 g/mol. The summed E-state index contributed by atoms with van der Waals surface area (Å²) in [6, 6.07) is 23.6. The van der Waals surface area contributed by atoms with Crippen LogP contribution in [0.4, 0.5) is 5.69 Å². The fourth-order valence-corrected chi connectivity index (χ4v) is 4.34. The minimum Gasteiger partial charge on any atom is -0.493 e. The molecule has 0 bridgehead atoms. The van der Waals surface area contributed by atoms with Gasteiger partial charge >= 0.3 is 0 Å². The van der Waals surface area contributed by atoms with Gasteiger partial charge in [-0.25, -0.2) is 0 Å². The lowest BCUT2D eigenvalue weighted by Crippen LogP contribution is -2.31. The first-order chi connectivity index (χ1) is 15.6. The van der Waals surface area contributed by atoms with Gasteiger partial charge in [-0.1, -0.05) is 60.7 Å². The molecule has 1 saturated heterocycles. The van der Waals surface area contributed by atoms with Crippen molar-refractivity contribution < 1.29 is 14.4 Å². The Morgan fingerprint density at radius 2 is 1.31 bits per heavy atom. The fraction of sp³-hybridized carbons (Fsp3) is 0.280. The Labute approximate surface area is 187 Å². The Morgan fingerprint density at radius 1 is 0.844 bits per heavy atom. The third kappa shape index (κ3) is 4.59. The molecule has 0 saturated carbocycles. The van der Waals surface area contributed by atoms with Crippen molar-refractivity contribution >= 4 is 5.69 Å². The molecule has 0 spiro atoms. The van der Waals surface area contributed by atoms with Gasteiger partial charge in [0.15, 0.2) is 11.5 Å².